The number of hydrogen-bond donors (Lipinski definition) is 4. The number of carbonyl (C=O) groups is 3. The predicted molar refractivity (Wildman–Crippen MR) is 157 cm³/mol. The number of amides is 3. The molecule has 0 radical (unpaired) electrons. The Morgan fingerprint density at radius 1 is 1.02 bits per heavy atom. The van der Waals surface area contributed by atoms with Crippen molar-refractivity contribution in [1.29, 1.82) is 0 Å². The van der Waals surface area contributed by atoms with Crippen molar-refractivity contribution in [3.8, 4) is 5.75 Å². The lowest BCUT2D eigenvalue weighted by Crippen LogP contribution is -2.55. The summed E-state index contributed by atoms with van der Waals surface area (Å²) in [5.41, 5.74) is 2.34. The van der Waals surface area contributed by atoms with Crippen LogP contribution in [0.3, 0.4) is 0 Å². The highest BCUT2D eigenvalue weighted by Crippen LogP contribution is 2.28. The van der Waals surface area contributed by atoms with E-state index in [0.717, 1.165) is 43.2 Å². The van der Waals surface area contributed by atoms with Gasteiger partial charge in [0.25, 0.3) is 0 Å². The number of hydrogen-bond acceptors (Lipinski definition) is 6. The fourth-order valence-electron chi connectivity index (χ4n) is 5.22. The molecule has 0 bridgehead atoms. The number of nitrogens with zero attached hydrogens (tertiary/aromatic N) is 1. The number of ether oxygens (including phenoxy) is 1. The van der Waals surface area contributed by atoms with Gasteiger partial charge < -0.3 is 30.5 Å². The maximum absolute atomic E-state index is 14.3. The van der Waals surface area contributed by atoms with E-state index in [1.54, 1.807) is 32.9 Å². The molecule has 0 aromatic heterocycles. The first-order valence-electron chi connectivity index (χ1n) is 14.4. The van der Waals surface area contributed by atoms with Gasteiger partial charge in [-0.3, -0.25) is 9.59 Å². The van der Waals surface area contributed by atoms with Crippen molar-refractivity contribution < 1.29 is 29.3 Å². The van der Waals surface area contributed by atoms with E-state index in [4.69, 9.17) is 4.74 Å². The number of rotatable bonds is 10. The van der Waals surface area contributed by atoms with Crippen molar-refractivity contribution in [2.45, 2.75) is 96.9 Å². The number of alkyl carbamates (subject to hydrolysis) is 1. The van der Waals surface area contributed by atoms with Crippen molar-refractivity contribution in [2.75, 3.05) is 13.2 Å². The topological polar surface area (TPSA) is 128 Å². The van der Waals surface area contributed by atoms with Crippen molar-refractivity contribution in [3.05, 3.63) is 64.7 Å². The third-order valence-electron chi connectivity index (χ3n) is 7.23. The van der Waals surface area contributed by atoms with E-state index >= 15 is 0 Å². The Bertz CT molecular complexity index is 1180. The average molecular weight is 568 g/mol. The van der Waals surface area contributed by atoms with E-state index in [-0.39, 0.29) is 37.3 Å². The summed E-state index contributed by atoms with van der Waals surface area (Å²) in [6, 6.07) is 10.0. The van der Waals surface area contributed by atoms with Gasteiger partial charge in [-0.15, -0.1) is 0 Å². The molecule has 41 heavy (non-hydrogen) atoms. The summed E-state index contributed by atoms with van der Waals surface area (Å²) in [5.74, 6) is -0.760. The predicted octanol–water partition coefficient (Wildman–Crippen LogP) is 4.46. The first kappa shape index (κ1) is 31.9. The minimum absolute atomic E-state index is 0.0163. The van der Waals surface area contributed by atoms with E-state index in [1.165, 1.54) is 17.0 Å². The zero-order valence-electron chi connectivity index (χ0n) is 24.9. The van der Waals surface area contributed by atoms with Crippen molar-refractivity contribution >= 4 is 17.9 Å². The molecule has 2 aromatic carbocycles. The quantitative estimate of drug-likeness (QED) is 0.336. The van der Waals surface area contributed by atoms with E-state index in [9.17, 15) is 24.6 Å². The molecule has 1 fully saturated rings. The zero-order chi connectivity index (χ0) is 30.2. The Labute approximate surface area is 243 Å². The first-order chi connectivity index (χ1) is 19.4. The Kier molecular flexibility index (Phi) is 11.2. The Hall–Kier alpha value is -3.59. The number of phenols is 1. The smallest absolute Gasteiger partial charge is 0.408 e. The minimum Gasteiger partial charge on any atom is -0.508 e. The van der Waals surface area contributed by atoms with Crippen LogP contribution in [0.5, 0.6) is 5.75 Å². The van der Waals surface area contributed by atoms with Crippen LogP contribution in [0.4, 0.5) is 4.79 Å². The summed E-state index contributed by atoms with van der Waals surface area (Å²) in [6.45, 7) is 8.52. The fourth-order valence-corrected chi connectivity index (χ4v) is 5.22. The van der Waals surface area contributed by atoms with Crippen LogP contribution in [0.15, 0.2) is 42.5 Å². The van der Waals surface area contributed by atoms with Crippen molar-refractivity contribution in [2.24, 2.45) is 0 Å². The molecule has 2 atom stereocenters. The van der Waals surface area contributed by atoms with E-state index in [0.29, 0.717) is 11.1 Å². The zero-order valence-corrected chi connectivity index (χ0v) is 24.9. The summed E-state index contributed by atoms with van der Waals surface area (Å²) in [4.78, 5) is 42.6. The first-order valence-corrected chi connectivity index (χ1v) is 14.4. The normalized spacial score (nSPS) is 15.5. The van der Waals surface area contributed by atoms with E-state index in [1.807, 2.05) is 32.0 Å². The van der Waals surface area contributed by atoms with Crippen molar-refractivity contribution in [3.63, 3.8) is 0 Å². The molecule has 4 N–H and O–H groups in total. The number of aliphatic hydroxyl groups is 1. The second-order valence-electron chi connectivity index (χ2n) is 11.9. The Balaban J connectivity index is 2.03. The molecule has 9 heteroatoms. The number of benzene rings is 2. The molecule has 1 aliphatic rings. The summed E-state index contributed by atoms with van der Waals surface area (Å²) in [6.07, 6.45) is 4.28. The van der Waals surface area contributed by atoms with Crippen LogP contribution in [0.1, 0.15) is 81.2 Å². The average Bonchev–Trinajstić information content (AvgIpc) is 2.90. The molecule has 3 rings (SSSR count). The lowest BCUT2D eigenvalue weighted by Gasteiger charge is -2.36. The highest BCUT2D eigenvalue weighted by molar-refractivity contribution is 5.92. The number of nitrogens with one attached hydrogen (secondary N) is 2. The lowest BCUT2D eigenvalue weighted by atomic mass is 9.93. The van der Waals surface area contributed by atoms with Crippen LogP contribution >= 0.6 is 0 Å². The maximum Gasteiger partial charge on any atom is 0.408 e. The van der Waals surface area contributed by atoms with Gasteiger partial charge in [0.15, 0.2) is 0 Å². The van der Waals surface area contributed by atoms with Crippen LogP contribution in [-0.2, 0) is 20.7 Å². The SMILES string of the molecule is Cc1ccc(C)c(C(C(=O)NC2CCCCC2)N(CCO)C(=O)C(Cc2ccc(O)cc2)NC(=O)OC(C)(C)C)c1. The van der Waals surface area contributed by atoms with Crippen LogP contribution in [0.2, 0.25) is 0 Å². The van der Waals surface area contributed by atoms with Gasteiger partial charge in [-0.2, -0.15) is 0 Å². The van der Waals surface area contributed by atoms with Gasteiger partial charge in [0.05, 0.1) is 6.61 Å². The van der Waals surface area contributed by atoms with Gasteiger partial charge in [-0.05, 0) is 76.3 Å². The van der Waals surface area contributed by atoms with Crippen LogP contribution < -0.4 is 10.6 Å². The second-order valence-corrected chi connectivity index (χ2v) is 11.9. The molecular weight excluding hydrogens is 522 g/mol. The lowest BCUT2D eigenvalue weighted by molar-refractivity contribution is -0.143. The van der Waals surface area contributed by atoms with Gasteiger partial charge in [-0.1, -0.05) is 55.2 Å². The molecule has 9 nitrogen and oxygen atoms in total. The maximum atomic E-state index is 14.3. The molecule has 224 valence electrons. The number of aromatic hydroxyl groups is 1. The highest BCUT2D eigenvalue weighted by Gasteiger charge is 2.37. The minimum atomic E-state index is -1.10. The van der Waals surface area contributed by atoms with Gasteiger partial charge in [0.2, 0.25) is 11.8 Å². The molecular formula is C32H45N3O6. The highest BCUT2D eigenvalue weighted by atomic mass is 16.6. The Morgan fingerprint density at radius 2 is 1.68 bits per heavy atom. The van der Waals surface area contributed by atoms with E-state index in [2.05, 4.69) is 10.6 Å². The number of aryl methyl sites for hydroxylation is 2. The molecule has 3 amide bonds. The number of carbonyl (C=O) groups excluding carboxylic acids is 3. The fraction of sp³-hybridized carbons (Fsp3) is 0.531. The monoisotopic (exact) mass is 567 g/mol. The van der Waals surface area contributed by atoms with Crippen LogP contribution in [0.25, 0.3) is 0 Å². The van der Waals surface area contributed by atoms with Gasteiger partial charge in [0, 0.05) is 19.0 Å². The second kappa shape index (κ2) is 14.3. The molecule has 1 saturated carbocycles. The summed E-state index contributed by atoms with van der Waals surface area (Å²) >= 11 is 0. The van der Waals surface area contributed by atoms with Crippen LogP contribution in [0, 0.1) is 13.8 Å². The molecule has 1 aliphatic carbocycles. The largest absolute Gasteiger partial charge is 0.508 e. The molecule has 2 aromatic rings. The van der Waals surface area contributed by atoms with Gasteiger partial charge in [0.1, 0.15) is 23.4 Å². The van der Waals surface area contributed by atoms with E-state index < -0.39 is 29.7 Å². The molecule has 0 aliphatic heterocycles. The summed E-state index contributed by atoms with van der Waals surface area (Å²) < 4.78 is 5.45. The number of phenolic OH excluding ortho intramolecular Hbond substituents is 1. The van der Waals surface area contributed by atoms with Crippen molar-refractivity contribution in [1.82, 2.24) is 15.5 Å². The molecule has 0 spiro atoms. The summed E-state index contributed by atoms with van der Waals surface area (Å²) in [7, 11) is 0. The summed E-state index contributed by atoms with van der Waals surface area (Å²) in [5, 5.41) is 25.7. The van der Waals surface area contributed by atoms with Crippen LogP contribution in [-0.4, -0.2) is 63.9 Å². The molecule has 0 saturated heterocycles. The molecule has 2 unspecified atom stereocenters. The third-order valence-corrected chi connectivity index (χ3v) is 7.23. The van der Waals surface area contributed by atoms with Gasteiger partial charge in [-0.25, -0.2) is 4.79 Å². The Morgan fingerprint density at radius 3 is 2.29 bits per heavy atom. The standard InChI is InChI=1S/C32H45N3O6/c1-21-11-12-22(2)26(19-21)28(29(38)33-24-9-7-6-8-10-24)35(17-18-36)30(39)27(34-31(40)41-32(3,4)5)20-23-13-15-25(37)16-14-23/h11-16,19,24,27-28,36-37H,6-10,17-18,20H2,1-5H3,(H,33,38)(H,34,40). The number of aliphatic hydroxyl groups excluding tert-OH is 1. The third kappa shape index (κ3) is 9.49. The van der Waals surface area contributed by atoms with Gasteiger partial charge >= 0.3 is 6.09 Å². The molecule has 0 heterocycles.